The molecule has 2 N–H and O–H groups in total. The van der Waals surface area contributed by atoms with Crippen LogP contribution in [0.2, 0.25) is 0 Å². The van der Waals surface area contributed by atoms with Gasteiger partial charge in [-0.05, 0) is 50.8 Å². The summed E-state index contributed by atoms with van der Waals surface area (Å²) in [6.45, 7) is 5.19. The minimum absolute atomic E-state index is 0.00451. The van der Waals surface area contributed by atoms with Gasteiger partial charge in [-0.1, -0.05) is 6.08 Å². The Hall–Kier alpha value is -1.61. The Morgan fingerprint density at radius 3 is 2.46 bits per heavy atom. The van der Waals surface area contributed by atoms with Crippen molar-refractivity contribution >= 4 is 49.6 Å². The molecule has 2 heterocycles. The monoisotopic (exact) mass is 489 g/mol. The van der Waals surface area contributed by atoms with Gasteiger partial charge in [0.2, 0.25) is 5.91 Å². The van der Waals surface area contributed by atoms with Crippen molar-refractivity contribution in [3.8, 4) is 0 Å². The molecule has 1 aliphatic rings. The Morgan fingerprint density at radius 2 is 1.96 bits per heavy atom. The average molecular weight is 491 g/mol. The number of nitrogens with one attached hydrogen (secondary N) is 1. The first-order valence-corrected chi connectivity index (χ1v) is 9.87. The summed E-state index contributed by atoms with van der Waals surface area (Å²) in [6, 6.07) is 1.73. The predicted octanol–water partition coefficient (Wildman–Crippen LogP) is 3.02. The van der Waals surface area contributed by atoms with Gasteiger partial charge >= 0.3 is 5.97 Å². The first-order valence-electron chi connectivity index (χ1n) is 8.29. The number of aromatic amines is 1. The highest BCUT2D eigenvalue weighted by Crippen LogP contribution is 2.25. The van der Waals surface area contributed by atoms with E-state index in [0.717, 1.165) is 4.47 Å². The molecule has 0 aliphatic carbocycles. The normalized spacial score (nSPS) is 14.9. The van der Waals surface area contributed by atoms with Crippen molar-refractivity contribution in [3.05, 3.63) is 33.5 Å². The van der Waals surface area contributed by atoms with Gasteiger partial charge in [-0.25, -0.2) is 0 Å². The molecule has 1 aromatic rings. The zero-order valence-corrected chi connectivity index (χ0v) is 17.4. The molecule has 1 aliphatic heterocycles. The zero-order valence-electron chi connectivity index (χ0n) is 14.2. The Bertz CT molecular complexity index is 677. The maximum atomic E-state index is 12.9. The maximum Gasteiger partial charge on any atom is 0.303 e. The minimum atomic E-state index is -0.973. The molecule has 7 nitrogen and oxygen atoms in total. The topological polar surface area (TPSA) is 93.7 Å². The molecular weight excluding hydrogens is 470 g/mol. The molecule has 2 rings (SSSR count). The Labute approximate surface area is 168 Å². The van der Waals surface area contributed by atoms with Gasteiger partial charge in [0.15, 0.2) is 0 Å². The van der Waals surface area contributed by atoms with Gasteiger partial charge in [-0.3, -0.25) is 14.4 Å². The number of carbonyl (C=O) groups is 3. The second kappa shape index (κ2) is 9.36. The molecule has 0 aromatic carbocycles. The van der Waals surface area contributed by atoms with Crippen LogP contribution in [0.25, 0.3) is 0 Å². The van der Waals surface area contributed by atoms with Crippen molar-refractivity contribution in [2.75, 3.05) is 19.6 Å². The van der Waals surface area contributed by atoms with Gasteiger partial charge in [0.1, 0.15) is 5.69 Å². The number of likely N-dealkylation sites (tertiary alicyclic amines) is 1. The van der Waals surface area contributed by atoms with E-state index in [1.165, 1.54) is 0 Å². The number of H-pyrrole nitrogens is 1. The lowest BCUT2D eigenvalue weighted by molar-refractivity contribution is -0.141. The third-order valence-electron chi connectivity index (χ3n) is 4.35. The number of carboxylic acid groups (broad SMARTS) is 1. The molecule has 0 bridgehead atoms. The number of aliphatic carboxylic acids is 1. The maximum absolute atomic E-state index is 12.9. The molecule has 26 heavy (non-hydrogen) atoms. The number of rotatable bonds is 7. The fraction of sp³-hybridized carbons (Fsp3) is 0.471. The Balaban J connectivity index is 1.99. The SMILES string of the molecule is C=CCN(C(=O)c1cc(Br)c(Br)[nH]1)C1CCN(C(=O)CCC(=O)O)CC1. The number of aromatic nitrogens is 1. The van der Waals surface area contributed by atoms with E-state index in [9.17, 15) is 14.4 Å². The summed E-state index contributed by atoms with van der Waals surface area (Å²) in [5.41, 5.74) is 0.477. The van der Waals surface area contributed by atoms with Crippen LogP contribution in [0.5, 0.6) is 0 Å². The van der Waals surface area contributed by atoms with Crippen molar-refractivity contribution in [2.45, 2.75) is 31.7 Å². The second-order valence-corrected chi connectivity index (χ2v) is 7.74. The van der Waals surface area contributed by atoms with Crippen LogP contribution in [0.1, 0.15) is 36.2 Å². The summed E-state index contributed by atoms with van der Waals surface area (Å²) in [7, 11) is 0. The van der Waals surface area contributed by atoms with Gasteiger partial charge < -0.3 is 19.9 Å². The third kappa shape index (κ3) is 5.20. The summed E-state index contributed by atoms with van der Waals surface area (Å²) >= 11 is 6.70. The summed E-state index contributed by atoms with van der Waals surface area (Å²) in [4.78, 5) is 41.9. The van der Waals surface area contributed by atoms with Crippen LogP contribution >= 0.6 is 31.9 Å². The second-order valence-electron chi connectivity index (χ2n) is 6.10. The molecule has 1 fully saturated rings. The van der Waals surface area contributed by atoms with E-state index in [-0.39, 0.29) is 30.7 Å². The summed E-state index contributed by atoms with van der Waals surface area (Å²) in [5.74, 6) is -1.24. The standard InChI is InChI=1S/C17H21Br2N3O4/c1-2-7-22(17(26)13-10-12(18)16(19)20-13)11-5-8-21(9-6-11)14(23)3-4-15(24)25/h2,10-11,20H,1,3-9H2,(H,24,25). The van der Waals surface area contributed by atoms with Crippen molar-refractivity contribution in [2.24, 2.45) is 0 Å². The lowest BCUT2D eigenvalue weighted by Gasteiger charge is -2.38. The van der Waals surface area contributed by atoms with Crippen LogP contribution in [-0.4, -0.2) is 63.4 Å². The lowest BCUT2D eigenvalue weighted by Crippen LogP contribution is -2.49. The number of carboxylic acids is 1. The molecule has 142 valence electrons. The summed E-state index contributed by atoms with van der Waals surface area (Å²) in [5, 5.41) is 8.69. The summed E-state index contributed by atoms with van der Waals surface area (Å²) < 4.78 is 1.48. The van der Waals surface area contributed by atoms with E-state index in [1.54, 1.807) is 21.9 Å². The zero-order chi connectivity index (χ0) is 19.3. The molecular formula is C17H21Br2N3O4. The van der Waals surface area contributed by atoms with E-state index in [0.29, 0.717) is 42.8 Å². The van der Waals surface area contributed by atoms with E-state index in [1.807, 2.05) is 0 Å². The molecule has 2 amide bonds. The van der Waals surface area contributed by atoms with Gasteiger partial charge in [-0.15, -0.1) is 6.58 Å². The Kier molecular flexibility index (Phi) is 7.45. The number of halogens is 2. The quantitative estimate of drug-likeness (QED) is 0.574. The van der Waals surface area contributed by atoms with Crippen LogP contribution in [0.15, 0.2) is 27.8 Å². The first-order chi connectivity index (χ1) is 12.3. The number of hydrogen-bond acceptors (Lipinski definition) is 3. The molecule has 1 aromatic heterocycles. The fourth-order valence-electron chi connectivity index (χ4n) is 3.01. The molecule has 9 heteroatoms. The van der Waals surface area contributed by atoms with E-state index in [4.69, 9.17) is 5.11 Å². The van der Waals surface area contributed by atoms with Crippen molar-refractivity contribution < 1.29 is 19.5 Å². The van der Waals surface area contributed by atoms with E-state index in [2.05, 4.69) is 43.4 Å². The van der Waals surface area contributed by atoms with Gasteiger partial charge in [0.05, 0.1) is 15.5 Å². The van der Waals surface area contributed by atoms with Crippen LogP contribution in [0.3, 0.4) is 0 Å². The summed E-state index contributed by atoms with van der Waals surface area (Å²) in [6.07, 6.45) is 2.86. The average Bonchev–Trinajstić information content (AvgIpc) is 2.96. The number of hydrogen-bond donors (Lipinski definition) is 2. The number of piperidine rings is 1. The minimum Gasteiger partial charge on any atom is -0.481 e. The van der Waals surface area contributed by atoms with Crippen LogP contribution < -0.4 is 0 Å². The van der Waals surface area contributed by atoms with Crippen molar-refractivity contribution in [1.82, 2.24) is 14.8 Å². The fourth-order valence-corrected chi connectivity index (χ4v) is 3.67. The largest absolute Gasteiger partial charge is 0.481 e. The molecule has 0 atom stereocenters. The smallest absolute Gasteiger partial charge is 0.303 e. The highest BCUT2D eigenvalue weighted by molar-refractivity contribution is 9.13. The van der Waals surface area contributed by atoms with Gasteiger partial charge in [-0.2, -0.15) is 0 Å². The molecule has 0 unspecified atom stereocenters. The highest BCUT2D eigenvalue weighted by Gasteiger charge is 2.30. The number of carbonyl (C=O) groups excluding carboxylic acids is 2. The van der Waals surface area contributed by atoms with Crippen LogP contribution in [-0.2, 0) is 9.59 Å². The predicted molar refractivity (Wildman–Crippen MR) is 104 cm³/mol. The third-order valence-corrected chi connectivity index (χ3v) is 6.14. The van der Waals surface area contributed by atoms with Gasteiger partial charge in [0, 0.05) is 32.1 Å². The van der Waals surface area contributed by atoms with Gasteiger partial charge in [0.25, 0.3) is 5.91 Å². The number of amides is 2. The van der Waals surface area contributed by atoms with Crippen LogP contribution in [0, 0.1) is 0 Å². The molecule has 0 saturated carbocycles. The van der Waals surface area contributed by atoms with Crippen molar-refractivity contribution in [3.63, 3.8) is 0 Å². The number of nitrogens with zero attached hydrogens (tertiary/aromatic N) is 2. The first kappa shape index (κ1) is 20.7. The highest BCUT2D eigenvalue weighted by atomic mass is 79.9. The molecule has 0 spiro atoms. The lowest BCUT2D eigenvalue weighted by atomic mass is 10.0. The Morgan fingerprint density at radius 1 is 1.31 bits per heavy atom. The molecule has 1 saturated heterocycles. The van der Waals surface area contributed by atoms with E-state index >= 15 is 0 Å². The van der Waals surface area contributed by atoms with Crippen molar-refractivity contribution in [1.29, 1.82) is 0 Å². The van der Waals surface area contributed by atoms with E-state index < -0.39 is 5.97 Å². The molecule has 0 radical (unpaired) electrons. The van der Waals surface area contributed by atoms with Crippen LogP contribution in [0.4, 0.5) is 0 Å².